The Morgan fingerprint density at radius 3 is 2.53 bits per heavy atom. The Hall–Kier alpha value is -4.26. The second-order valence-corrected chi connectivity index (χ2v) is 8.41. The Morgan fingerprint density at radius 2 is 1.74 bits per heavy atom. The molecule has 2 unspecified atom stereocenters. The van der Waals surface area contributed by atoms with E-state index in [0.717, 1.165) is 39.3 Å². The Bertz CT molecular complexity index is 1410. The number of fused-ring (bicyclic) bond motifs is 3. The lowest BCUT2D eigenvalue weighted by atomic mass is 9.84. The third-order valence-electron chi connectivity index (χ3n) is 6.40. The number of anilines is 1. The summed E-state index contributed by atoms with van der Waals surface area (Å²) in [5.41, 5.74) is 6.30. The number of hydrogen-bond acceptors (Lipinski definition) is 6. The maximum Gasteiger partial charge on any atom is 0.226 e. The summed E-state index contributed by atoms with van der Waals surface area (Å²) in [7, 11) is 3.28. The third-order valence-corrected chi connectivity index (χ3v) is 6.40. The lowest BCUT2D eigenvalue weighted by molar-refractivity contribution is 0.223. The molecule has 0 radical (unpaired) electrons. The van der Waals surface area contributed by atoms with Gasteiger partial charge in [0.2, 0.25) is 5.95 Å². The Labute approximate surface area is 197 Å². The van der Waals surface area contributed by atoms with Crippen molar-refractivity contribution in [3.63, 3.8) is 0 Å². The van der Waals surface area contributed by atoms with E-state index in [4.69, 9.17) is 14.2 Å². The van der Waals surface area contributed by atoms with Crippen LogP contribution in [0.4, 0.5) is 5.95 Å². The summed E-state index contributed by atoms with van der Waals surface area (Å²) in [5.74, 6) is 2.85. The van der Waals surface area contributed by atoms with Gasteiger partial charge in [-0.2, -0.15) is 10.1 Å². The zero-order valence-corrected chi connectivity index (χ0v) is 19.1. The minimum absolute atomic E-state index is 0.257. The normalized spacial score (nSPS) is 18.2. The van der Waals surface area contributed by atoms with Gasteiger partial charge in [-0.15, -0.1) is 0 Å². The number of rotatable bonds is 4. The van der Waals surface area contributed by atoms with Gasteiger partial charge in [-0.25, -0.2) is 4.68 Å². The maximum absolute atomic E-state index is 6.67. The van der Waals surface area contributed by atoms with Crippen molar-refractivity contribution >= 4 is 11.6 Å². The van der Waals surface area contributed by atoms with Crippen LogP contribution in [0, 0.1) is 6.92 Å². The molecule has 4 aromatic rings. The largest absolute Gasteiger partial charge is 0.493 e. The Morgan fingerprint density at radius 1 is 0.912 bits per heavy atom. The minimum atomic E-state index is -0.311. The van der Waals surface area contributed by atoms with Crippen LogP contribution >= 0.6 is 0 Å². The van der Waals surface area contributed by atoms with Crippen LogP contribution in [0.15, 0.2) is 78.6 Å². The van der Waals surface area contributed by atoms with E-state index in [1.165, 1.54) is 0 Å². The quantitative estimate of drug-likeness (QED) is 0.461. The topological polar surface area (TPSA) is 70.4 Å². The van der Waals surface area contributed by atoms with Crippen LogP contribution in [-0.2, 0) is 0 Å². The van der Waals surface area contributed by atoms with E-state index in [2.05, 4.69) is 46.6 Å². The Balaban J connectivity index is 1.63. The van der Waals surface area contributed by atoms with E-state index in [0.29, 0.717) is 17.4 Å². The molecule has 0 bridgehead atoms. The highest BCUT2D eigenvalue weighted by atomic mass is 16.5. The molecule has 0 fully saturated rings. The summed E-state index contributed by atoms with van der Waals surface area (Å²) in [6.07, 6.45) is 1.26. The molecule has 0 amide bonds. The summed E-state index contributed by atoms with van der Waals surface area (Å²) in [6.45, 7) is 2.08. The lowest BCUT2D eigenvalue weighted by Gasteiger charge is -2.39. The standard InChI is InChI=1S/C27H24N4O3/c1-16-9-11-20-19(13-16)24-23(26(34-20)17-7-5-4-6-8-17)25(31-27(30-24)28-15-29-31)18-10-12-21(32-2)22(14-18)33-3/h4-15,25-26H,1-3H3,(H,28,29,30). The zero-order valence-electron chi connectivity index (χ0n) is 19.1. The highest BCUT2D eigenvalue weighted by Gasteiger charge is 2.41. The smallest absolute Gasteiger partial charge is 0.226 e. The summed E-state index contributed by atoms with van der Waals surface area (Å²) >= 11 is 0. The predicted molar refractivity (Wildman–Crippen MR) is 129 cm³/mol. The first kappa shape index (κ1) is 20.4. The van der Waals surface area contributed by atoms with Crippen molar-refractivity contribution in [1.82, 2.24) is 14.8 Å². The maximum atomic E-state index is 6.67. The van der Waals surface area contributed by atoms with Crippen molar-refractivity contribution in [2.24, 2.45) is 0 Å². The number of nitrogens with zero attached hydrogens (tertiary/aromatic N) is 3. The summed E-state index contributed by atoms with van der Waals surface area (Å²) in [6, 6.07) is 22.2. The number of nitrogens with one attached hydrogen (secondary N) is 1. The first-order valence-corrected chi connectivity index (χ1v) is 11.1. The molecule has 1 aromatic heterocycles. The van der Waals surface area contributed by atoms with Crippen LogP contribution in [-0.4, -0.2) is 29.0 Å². The van der Waals surface area contributed by atoms with Crippen LogP contribution < -0.4 is 19.5 Å². The second-order valence-electron chi connectivity index (χ2n) is 8.41. The molecule has 3 aromatic carbocycles. The molecule has 7 nitrogen and oxygen atoms in total. The molecule has 0 saturated heterocycles. The molecule has 0 spiro atoms. The van der Waals surface area contributed by atoms with Gasteiger partial charge in [-0.3, -0.25) is 0 Å². The van der Waals surface area contributed by atoms with Gasteiger partial charge < -0.3 is 19.5 Å². The highest BCUT2D eigenvalue weighted by Crippen LogP contribution is 2.51. The van der Waals surface area contributed by atoms with Gasteiger partial charge in [0, 0.05) is 11.1 Å². The van der Waals surface area contributed by atoms with Gasteiger partial charge in [0.05, 0.1) is 19.9 Å². The lowest BCUT2D eigenvalue weighted by Crippen LogP contribution is -2.32. The van der Waals surface area contributed by atoms with E-state index in [-0.39, 0.29) is 12.1 Å². The molecule has 6 rings (SSSR count). The van der Waals surface area contributed by atoms with E-state index in [9.17, 15) is 0 Å². The first-order valence-electron chi connectivity index (χ1n) is 11.1. The molecule has 2 atom stereocenters. The van der Waals surface area contributed by atoms with E-state index >= 15 is 0 Å². The zero-order chi connectivity index (χ0) is 23.2. The van der Waals surface area contributed by atoms with Crippen molar-refractivity contribution in [3.05, 3.63) is 101 Å². The number of benzene rings is 3. The summed E-state index contributed by atoms with van der Waals surface area (Å²) in [4.78, 5) is 4.50. The van der Waals surface area contributed by atoms with Crippen LogP contribution in [0.2, 0.25) is 0 Å². The van der Waals surface area contributed by atoms with Crippen LogP contribution in [0.3, 0.4) is 0 Å². The first-order chi connectivity index (χ1) is 16.7. The molecule has 7 heteroatoms. The van der Waals surface area contributed by atoms with Crippen molar-refractivity contribution in [2.75, 3.05) is 19.5 Å². The van der Waals surface area contributed by atoms with E-state index < -0.39 is 0 Å². The summed E-state index contributed by atoms with van der Waals surface area (Å²) < 4.78 is 19.7. The van der Waals surface area contributed by atoms with Gasteiger partial charge in [-0.1, -0.05) is 48.0 Å². The van der Waals surface area contributed by atoms with Crippen molar-refractivity contribution in [3.8, 4) is 17.2 Å². The van der Waals surface area contributed by atoms with Crippen molar-refractivity contribution < 1.29 is 14.2 Å². The van der Waals surface area contributed by atoms with Crippen molar-refractivity contribution in [2.45, 2.75) is 19.1 Å². The van der Waals surface area contributed by atoms with Gasteiger partial charge in [0.25, 0.3) is 0 Å². The second kappa shape index (κ2) is 7.95. The van der Waals surface area contributed by atoms with Crippen LogP contribution in [0.1, 0.15) is 34.4 Å². The predicted octanol–water partition coefficient (Wildman–Crippen LogP) is 5.16. The molecule has 34 heavy (non-hydrogen) atoms. The van der Waals surface area contributed by atoms with Gasteiger partial charge >= 0.3 is 0 Å². The van der Waals surface area contributed by atoms with E-state index in [1.54, 1.807) is 20.5 Å². The van der Waals surface area contributed by atoms with Gasteiger partial charge in [0.1, 0.15) is 24.2 Å². The van der Waals surface area contributed by atoms with Crippen LogP contribution in [0.25, 0.3) is 5.70 Å². The molecule has 0 aliphatic carbocycles. The Kier molecular flexibility index (Phi) is 4.76. The van der Waals surface area contributed by atoms with Crippen molar-refractivity contribution in [1.29, 1.82) is 0 Å². The molecule has 2 aliphatic heterocycles. The fraction of sp³-hybridized carbons (Fsp3) is 0.185. The molecule has 1 N–H and O–H groups in total. The third kappa shape index (κ3) is 3.12. The molecular formula is C27H24N4O3. The average Bonchev–Trinajstić information content (AvgIpc) is 3.35. The van der Waals surface area contributed by atoms with Crippen LogP contribution in [0.5, 0.6) is 17.2 Å². The number of aromatic nitrogens is 3. The number of ether oxygens (including phenoxy) is 3. The molecule has 170 valence electrons. The molecule has 3 heterocycles. The van der Waals surface area contributed by atoms with E-state index in [1.807, 2.05) is 47.1 Å². The molecule has 2 aliphatic rings. The fourth-order valence-corrected chi connectivity index (χ4v) is 4.83. The summed E-state index contributed by atoms with van der Waals surface area (Å²) in [5, 5.41) is 8.13. The molecule has 0 saturated carbocycles. The fourth-order valence-electron chi connectivity index (χ4n) is 4.83. The SMILES string of the molecule is COc1ccc(C2C3=C(Nc4ncnn42)c2cc(C)ccc2OC3c2ccccc2)cc1OC. The number of hydrogen-bond donors (Lipinski definition) is 1. The molecular weight excluding hydrogens is 428 g/mol. The minimum Gasteiger partial charge on any atom is -0.493 e. The highest BCUT2D eigenvalue weighted by molar-refractivity contribution is 5.85. The number of methoxy groups -OCH3 is 2. The van der Waals surface area contributed by atoms with Gasteiger partial charge in [0.15, 0.2) is 11.5 Å². The van der Waals surface area contributed by atoms with Gasteiger partial charge in [-0.05, 0) is 42.3 Å². The average molecular weight is 453 g/mol. The number of aryl methyl sites for hydroxylation is 1. The monoisotopic (exact) mass is 452 g/mol.